The van der Waals surface area contributed by atoms with Crippen molar-refractivity contribution in [2.75, 3.05) is 7.11 Å². The van der Waals surface area contributed by atoms with Gasteiger partial charge >= 0.3 is 5.97 Å². The van der Waals surface area contributed by atoms with Gasteiger partial charge in [-0.05, 0) is 44.5 Å². The molecule has 1 heterocycles. The molecule has 1 aromatic heterocycles. The predicted octanol–water partition coefficient (Wildman–Crippen LogP) is 4.33. The SMILES string of the molecule is COC(=O)C(C)(C)Oc1cccc2c1cc(C)n2Cc1ccccc1. The number of fused-ring (bicyclic) bond motifs is 1. The number of carbonyl (C=O) groups is 1. The fraction of sp³-hybridized carbons (Fsp3) is 0.286. The molecule has 0 unspecified atom stereocenters. The summed E-state index contributed by atoms with van der Waals surface area (Å²) in [5, 5.41) is 0.993. The summed E-state index contributed by atoms with van der Waals surface area (Å²) in [4.78, 5) is 11.9. The number of ether oxygens (including phenoxy) is 2. The molecule has 0 saturated heterocycles. The summed E-state index contributed by atoms with van der Waals surface area (Å²) in [6.45, 7) is 6.30. The fourth-order valence-electron chi connectivity index (χ4n) is 3.02. The van der Waals surface area contributed by atoms with Crippen LogP contribution in [-0.4, -0.2) is 23.2 Å². The Kier molecular flexibility index (Phi) is 4.53. The van der Waals surface area contributed by atoms with Crippen LogP contribution in [0.4, 0.5) is 0 Å². The molecule has 0 atom stereocenters. The zero-order valence-corrected chi connectivity index (χ0v) is 15.1. The quantitative estimate of drug-likeness (QED) is 0.651. The molecule has 0 N–H and O–H groups in total. The molecular weight excluding hydrogens is 314 g/mol. The van der Waals surface area contributed by atoms with Gasteiger partial charge < -0.3 is 14.0 Å². The van der Waals surface area contributed by atoms with E-state index in [0.717, 1.165) is 23.1 Å². The van der Waals surface area contributed by atoms with E-state index in [4.69, 9.17) is 9.47 Å². The van der Waals surface area contributed by atoms with Crippen molar-refractivity contribution in [2.45, 2.75) is 32.9 Å². The van der Waals surface area contributed by atoms with Gasteiger partial charge in [0.05, 0.1) is 12.6 Å². The van der Waals surface area contributed by atoms with Crippen LogP contribution in [-0.2, 0) is 16.1 Å². The van der Waals surface area contributed by atoms with Crippen LogP contribution in [0, 0.1) is 6.92 Å². The zero-order chi connectivity index (χ0) is 18.0. The average molecular weight is 337 g/mol. The van der Waals surface area contributed by atoms with Crippen molar-refractivity contribution < 1.29 is 14.3 Å². The van der Waals surface area contributed by atoms with E-state index in [1.54, 1.807) is 13.8 Å². The van der Waals surface area contributed by atoms with Gasteiger partial charge in [0.15, 0.2) is 5.60 Å². The maximum Gasteiger partial charge on any atom is 0.349 e. The topological polar surface area (TPSA) is 40.5 Å². The van der Waals surface area contributed by atoms with Gasteiger partial charge in [-0.2, -0.15) is 0 Å². The molecular formula is C21H23NO3. The highest BCUT2D eigenvalue weighted by molar-refractivity contribution is 5.88. The molecule has 3 aromatic rings. The number of carbonyl (C=O) groups excluding carboxylic acids is 1. The van der Waals surface area contributed by atoms with Crippen LogP contribution in [0.1, 0.15) is 25.1 Å². The standard InChI is InChI=1S/C21H23NO3/c1-15-13-17-18(22(15)14-16-9-6-5-7-10-16)11-8-12-19(17)25-21(2,3)20(23)24-4/h5-13H,14H2,1-4H3. The van der Waals surface area contributed by atoms with Crippen LogP contribution < -0.4 is 4.74 Å². The molecule has 0 spiro atoms. The van der Waals surface area contributed by atoms with Gasteiger partial charge in [0.1, 0.15) is 5.75 Å². The Morgan fingerprint density at radius 2 is 1.80 bits per heavy atom. The van der Waals surface area contributed by atoms with E-state index in [1.807, 2.05) is 30.3 Å². The Labute approximate surface area is 148 Å². The largest absolute Gasteiger partial charge is 0.475 e. The van der Waals surface area contributed by atoms with E-state index in [1.165, 1.54) is 12.7 Å². The van der Waals surface area contributed by atoms with Gasteiger partial charge in [0.2, 0.25) is 0 Å². The van der Waals surface area contributed by atoms with Crippen LogP contribution in [0.3, 0.4) is 0 Å². The van der Waals surface area contributed by atoms with Crippen molar-refractivity contribution in [1.82, 2.24) is 4.57 Å². The molecule has 0 aliphatic rings. The maximum absolute atomic E-state index is 11.9. The van der Waals surface area contributed by atoms with Crippen LogP contribution in [0.25, 0.3) is 10.9 Å². The van der Waals surface area contributed by atoms with E-state index in [0.29, 0.717) is 5.75 Å². The Bertz CT molecular complexity index is 894. The highest BCUT2D eigenvalue weighted by Crippen LogP contribution is 2.32. The van der Waals surface area contributed by atoms with E-state index in [9.17, 15) is 4.79 Å². The first-order chi connectivity index (χ1) is 11.9. The summed E-state index contributed by atoms with van der Waals surface area (Å²) in [6, 6.07) is 18.4. The summed E-state index contributed by atoms with van der Waals surface area (Å²) in [6.07, 6.45) is 0. The lowest BCUT2D eigenvalue weighted by Gasteiger charge is -2.23. The van der Waals surface area contributed by atoms with Gasteiger partial charge in [-0.3, -0.25) is 0 Å². The fourth-order valence-corrected chi connectivity index (χ4v) is 3.02. The Morgan fingerprint density at radius 3 is 2.48 bits per heavy atom. The van der Waals surface area contributed by atoms with Crippen LogP contribution in [0.15, 0.2) is 54.6 Å². The average Bonchev–Trinajstić information content (AvgIpc) is 2.92. The Morgan fingerprint density at radius 1 is 1.08 bits per heavy atom. The monoisotopic (exact) mass is 337 g/mol. The number of esters is 1. The smallest absolute Gasteiger partial charge is 0.349 e. The predicted molar refractivity (Wildman–Crippen MR) is 98.9 cm³/mol. The molecule has 4 nitrogen and oxygen atoms in total. The van der Waals surface area contributed by atoms with Gasteiger partial charge in [-0.15, -0.1) is 0 Å². The van der Waals surface area contributed by atoms with Gasteiger partial charge in [-0.25, -0.2) is 4.79 Å². The highest BCUT2D eigenvalue weighted by atomic mass is 16.6. The molecule has 2 aromatic carbocycles. The van der Waals surface area contributed by atoms with Crippen molar-refractivity contribution in [1.29, 1.82) is 0 Å². The maximum atomic E-state index is 11.9. The number of hydrogen-bond donors (Lipinski definition) is 0. The summed E-state index contributed by atoms with van der Waals surface area (Å²) in [5.74, 6) is 0.285. The summed E-state index contributed by atoms with van der Waals surface area (Å²) >= 11 is 0. The number of benzene rings is 2. The molecule has 0 amide bonds. The lowest BCUT2D eigenvalue weighted by molar-refractivity contribution is -0.155. The summed E-state index contributed by atoms with van der Waals surface area (Å²) in [5.41, 5.74) is 2.42. The third kappa shape index (κ3) is 3.38. The second kappa shape index (κ2) is 6.63. The van der Waals surface area contributed by atoms with Gasteiger partial charge in [0.25, 0.3) is 0 Å². The lowest BCUT2D eigenvalue weighted by atomic mass is 10.1. The van der Waals surface area contributed by atoms with Crippen LogP contribution in [0.5, 0.6) is 5.75 Å². The molecule has 0 saturated carbocycles. The molecule has 130 valence electrons. The van der Waals surface area contributed by atoms with E-state index in [2.05, 4.69) is 35.8 Å². The van der Waals surface area contributed by atoms with E-state index >= 15 is 0 Å². The van der Waals surface area contributed by atoms with Crippen molar-refractivity contribution in [2.24, 2.45) is 0 Å². The second-order valence-electron chi connectivity index (χ2n) is 6.65. The first-order valence-electron chi connectivity index (χ1n) is 8.32. The van der Waals surface area contributed by atoms with Gasteiger partial charge in [-0.1, -0.05) is 36.4 Å². The number of rotatable bonds is 5. The minimum atomic E-state index is -1.04. The molecule has 3 rings (SSSR count). The first kappa shape index (κ1) is 17.1. The van der Waals surface area contributed by atoms with Crippen molar-refractivity contribution >= 4 is 16.9 Å². The molecule has 25 heavy (non-hydrogen) atoms. The van der Waals surface area contributed by atoms with Crippen LogP contribution >= 0.6 is 0 Å². The van der Waals surface area contributed by atoms with Crippen molar-refractivity contribution in [3.63, 3.8) is 0 Å². The number of methoxy groups -OCH3 is 1. The van der Waals surface area contributed by atoms with Crippen molar-refractivity contribution in [3.05, 3.63) is 65.9 Å². The van der Waals surface area contributed by atoms with E-state index in [-0.39, 0.29) is 0 Å². The molecule has 0 aliphatic heterocycles. The summed E-state index contributed by atoms with van der Waals surface area (Å²) < 4.78 is 13.1. The molecule has 0 radical (unpaired) electrons. The third-order valence-corrected chi connectivity index (χ3v) is 4.34. The van der Waals surface area contributed by atoms with Gasteiger partial charge in [0, 0.05) is 17.6 Å². The number of hydrogen-bond acceptors (Lipinski definition) is 3. The lowest BCUT2D eigenvalue weighted by Crippen LogP contribution is -2.39. The minimum absolute atomic E-state index is 0.398. The van der Waals surface area contributed by atoms with Crippen molar-refractivity contribution in [3.8, 4) is 5.75 Å². The highest BCUT2D eigenvalue weighted by Gasteiger charge is 2.31. The Balaban J connectivity index is 2.01. The number of aryl methyl sites for hydroxylation is 1. The third-order valence-electron chi connectivity index (χ3n) is 4.34. The normalized spacial score (nSPS) is 11.5. The molecule has 0 aliphatic carbocycles. The Hall–Kier alpha value is -2.75. The van der Waals surface area contributed by atoms with E-state index < -0.39 is 11.6 Å². The number of aromatic nitrogens is 1. The summed E-state index contributed by atoms with van der Waals surface area (Å²) in [7, 11) is 1.37. The molecule has 0 fully saturated rings. The number of nitrogens with zero attached hydrogens (tertiary/aromatic N) is 1. The second-order valence-corrected chi connectivity index (χ2v) is 6.65. The first-order valence-corrected chi connectivity index (χ1v) is 8.32. The zero-order valence-electron chi connectivity index (χ0n) is 15.1. The van der Waals surface area contributed by atoms with Crippen LogP contribution in [0.2, 0.25) is 0 Å². The molecule has 0 bridgehead atoms. The minimum Gasteiger partial charge on any atom is -0.475 e. The molecule has 4 heteroatoms.